The SMILES string of the molecule is CC/C=C\C/C=C\C/C=C\C/C=C\C/C=C\CCCCCCCCC(O)C(=O)NC(COC1OC(CO)C(O)C(O)C1OC(=O)CCCCCCCCCCCCC/C=C/CCCCCCCC)C(O)/C=C/CCCCCCCCCCC. The Morgan fingerprint density at radius 2 is 0.867 bits per heavy atom. The van der Waals surface area contributed by atoms with Gasteiger partial charge in [0.1, 0.15) is 24.4 Å². The maximum atomic E-state index is 13.5. The average molecular weight is 1170 g/mol. The van der Waals surface area contributed by atoms with Gasteiger partial charge in [-0.1, -0.05) is 279 Å². The second-order valence-electron chi connectivity index (χ2n) is 23.5. The van der Waals surface area contributed by atoms with Gasteiger partial charge in [0.05, 0.1) is 25.4 Å². The van der Waals surface area contributed by atoms with Gasteiger partial charge in [-0.05, 0) is 96.3 Å². The molecule has 1 amide bonds. The Labute approximate surface area is 508 Å². The van der Waals surface area contributed by atoms with Crippen molar-refractivity contribution in [1.29, 1.82) is 0 Å². The van der Waals surface area contributed by atoms with Crippen molar-refractivity contribution in [2.24, 2.45) is 0 Å². The van der Waals surface area contributed by atoms with Crippen molar-refractivity contribution in [3.8, 4) is 0 Å². The summed E-state index contributed by atoms with van der Waals surface area (Å²) in [5, 5.41) is 57.1. The molecule has 0 aromatic heterocycles. The number of aliphatic hydroxyl groups excluding tert-OH is 5. The van der Waals surface area contributed by atoms with Gasteiger partial charge in [-0.2, -0.15) is 0 Å². The summed E-state index contributed by atoms with van der Waals surface area (Å²) in [6.45, 7) is 5.68. The van der Waals surface area contributed by atoms with E-state index in [-0.39, 0.29) is 19.4 Å². The summed E-state index contributed by atoms with van der Waals surface area (Å²) in [5.41, 5.74) is 0. The molecule has 8 unspecified atom stereocenters. The van der Waals surface area contributed by atoms with Crippen LogP contribution in [0, 0.1) is 0 Å². The lowest BCUT2D eigenvalue weighted by molar-refractivity contribution is -0.305. The van der Waals surface area contributed by atoms with Gasteiger partial charge in [0.2, 0.25) is 5.91 Å². The van der Waals surface area contributed by atoms with Crippen molar-refractivity contribution >= 4 is 11.9 Å². The van der Waals surface area contributed by atoms with Crippen LogP contribution >= 0.6 is 0 Å². The highest BCUT2D eigenvalue weighted by Crippen LogP contribution is 2.26. The largest absolute Gasteiger partial charge is 0.454 e. The van der Waals surface area contributed by atoms with E-state index >= 15 is 0 Å². The second-order valence-corrected chi connectivity index (χ2v) is 23.5. The van der Waals surface area contributed by atoms with Gasteiger partial charge in [0.15, 0.2) is 12.4 Å². The van der Waals surface area contributed by atoms with Crippen LogP contribution in [0.15, 0.2) is 85.1 Å². The number of rotatable bonds is 58. The number of ether oxygens (including phenoxy) is 3. The molecule has 1 heterocycles. The molecule has 0 aromatic carbocycles. The first kappa shape index (κ1) is 77.9. The van der Waals surface area contributed by atoms with Crippen LogP contribution in [0.1, 0.15) is 297 Å². The molecule has 1 saturated heterocycles. The van der Waals surface area contributed by atoms with Crippen LogP contribution in [0.2, 0.25) is 0 Å². The first-order valence-electron chi connectivity index (χ1n) is 34.4. The Hall–Kier alpha value is -3.16. The zero-order valence-corrected chi connectivity index (χ0v) is 53.3. The monoisotopic (exact) mass is 1170 g/mol. The lowest BCUT2D eigenvalue weighted by Crippen LogP contribution is -2.61. The van der Waals surface area contributed by atoms with Crippen molar-refractivity contribution < 1.29 is 49.3 Å². The fourth-order valence-corrected chi connectivity index (χ4v) is 10.4. The van der Waals surface area contributed by atoms with Crippen LogP contribution in [0.25, 0.3) is 0 Å². The number of carbonyl (C=O) groups is 2. The third-order valence-electron chi connectivity index (χ3n) is 15.8. The zero-order chi connectivity index (χ0) is 60.3. The molecule has 83 heavy (non-hydrogen) atoms. The van der Waals surface area contributed by atoms with Gasteiger partial charge in [-0.15, -0.1) is 0 Å². The standard InChI is InChI=1S/C72H127NO10/c1-4-7-10-13-16-19-22-24-26-28-30-32-34-35-37-39-41-44-47-50-53-56-59-65(76)71(80)73-63(64(75)58-55-52-49-46-43-21-18-15-12-9-6-3)62-81-72-70(69(79)68(78)66(61-74)82-72)83-67(77)60-57-54-51-48-45-42-40-38-36-33-31-29-27-25-23-20-17-14-11-8-5-2/h7,10,16,19,24-27,30,32,35,37,55,58,63-66,68-70,72,74-76,78-79H,4-6,8-9,11-15,17-18,20-23,28-29,31,33-34,36,38-54,56-57,59-62H2,1-3H3,(H,73,80)/b10-7-,19-16-,26-24-,27-25+,32-30-,37-35-,58-55+. The number of amides is 1. The molecule has 1 aliphatic rings. The highest BCUT2D eigenvalue weighted by Gasteiger charge is 2.47. The molecule has 0 radical (unpaired) electrons. The highest BCUT2D eigenvalue weighted by atomic mass is 16.7. The molecule has 1 rings (SSSR count). The molecular formula is C72H127NO10. The molecule has 1 aliphatic heterocycles. The lowest BCUT2D eigenvalue weighted by Gasteiger charge is -2.41. The normalized spacial score (nSPS) is 19.1. The van der Waals surface area contributed by atoms with Gasteiger partial charge in [-0.3, -0.25) is 9.59 Å². The summed E-state index contributed by atoms with van der Waals surface area (Å²) in [7, 11) is 0. The minimum atomic E-state index is -1.62. The van der Waals surface area contributed by atoms with Crippen LogP contribution in [0.3, 0.4) is 0 Å². The van der Waals surface area contributed by atoms with Crippen molar-refractivity contribution in [3.63, 3.8) is 0 Å². The Kier molecular flexibility index (Phi) is 55.5. The molecule has 0 bridgehead atoms. The smallest absolute Gasteiger partial charge is 0.306 e. The van der Waals surface area contributed by atoms with E-state index in [0.29, 0.717) is 12.8 Å². The quantitative estimate of drug-likeness (QED) is 0.0195. The number of hydrogen-bond donors (Lipinski definition) is 6. The average Bonchev–Trinajstić information content (AvgIpc) is 3.52. The summed E-state index contributed by atoms with van der Waals surface area (Å²) in [6, 6.07) is -1.03. The molecule has 8 atom stereocenters. The maximum absolute atomic E-state index is 13.5. The van der Waals surface area contributed by atoms with Crippen molar-refractivity contribution in [2.75, 3.05) is 13.2 Å². The van der Waals surface area contributed by atoms with E-state index in [0.717, 1.165) is 109 Å². The number of aliphatic hydroxyl groups is 5. The minimum absolute atomic E-state index is 0.120. The fourth-order valence-electron chi connectivity index (χ4n) is 10.4. The van der Waals surface area contributed by atoms with Gasteiger partial charge < -0.3 is 45.1 Å². The molecule has 0 saturated carbocycles. The molecule has 1 fully saturated rings. The van der Waals surface area contributed by atoms with Crippen molar-refractivity contribution in [3.05, 3.63) is 85.1 Å². The number of carbonyl (C=O) groups excluding carboxylic acids is 2. The first-order valence-corrected chi connectivity index (χ1v) is 34.4. The molecule has 480 valence electrons. The van der Waals surface area contributed by atoms with Crippen LogP contribution in [-0.2, 0) is 23.8 Å². The van der Waals surface area contributed by atoms with E-state index in [4.69, 9.17) is 14.2 Å². The van der Waals surface area contributed by atoms with Crippen LogP contribution < -0.4 is 5.32 Å². The summed E-state index contributed by atoms with van der Waals surface area (Å²) < 4.78 is 17.7. The highest BCUT2D eigenvalue weighted by molar-refractivity contribution is 5.80. The predicted octanol–water partition coefficient (Wildman–Crippen LogP) is 17.3. The van der Waals surface area contributed by atoms with Crippen LogP contribution in [0.5, 0.6) is 0 Å². The predicted molar refractivity (Wildman–Crippen MR) is 347 cm³/mol. The Balaban J connectivity index is 2.60. The van der Waals surface area contributed by atoms with Gasteiger partial charge in [0.25, 0.3) is 0 Å². The Morgan fingerprint density at radius 1 is 0.482 bits per heavy atom. The number of unbranched alkanes of at least 4 members (excludes halogenated alkanes) is 32. The minimum Gasteiger partial charge on any atom is -0.454 e. The molecule has 0 aliphatic carbocycles. The third-order valence-corrected chi connectivity index (χ3v) is 15.8. The first-order chi connectivity index (χ1) is 40.7. The topological polar surface area (TPSA) is 175 Å². The van der Waals surface area contributed by atoms with Gasteiger partial charge in [-0.25, -0.2) is 0 Å². The summed E-state index contributed by atoms with van der Waals surface area (Å²) in [4.78, 5) is 26.6. The molecule has 6 N–H and O–H groups in total. The number of allylic oxidation sites excluding steroid dienone is 13. The van der Waals surface area contributed by atoms with E-state index in [9.17, 15) is 35.1 Å². The maximum Gasteiger partial charge on any atom is 0.306 e. The van der Waals surface area contributed by atoms with E-state index in [1.807, 2.05) is 6.08 Å². The van der Waals surface area contributed by atoms with Crippen LogP contribution in [0.4, 0.5) is 0 Å². The van der Waals surface area contributed by atoms with E-state index in [2.05, 4.69) is 99.0 Å². The number of hydrogen-bond acceptors (Lipinski definition) is 10. The second kappa shape index (κ2) is 59.2. The summed E-state index contributed by atoms with van der Waals surface area (Å²) >= 11 is 0. The number of nitrogens with one attached hydrogen (secondary N) is 1. The Bertz CT molecular complexity index is 1670. The number of esters is 1. The van der Waals surface area contributed by atoms with Crippen LogP contribution in [-0.4, -0.2) is 99.6 Å². The van der Waals surface area contributed by atoms with E-state index < -0.39 is 67.4 Å². The summed E-state index contributed by atoms with van der Waals surface area (Å²) in [6.07, 6.45) is 67.6. The Morgan fingerprint density at radius 3 is 1.31 bits per heavy atom. The van der Waals surface area contributed by atoms with E-state index in [1.165, 1.54) is 141 Å². The zero-order valence-electron chi connectivity index (χ0n) is 53.3. The molecular weight excluding hydrogens is 1040 g/mol. The lowest BCUT2D eigenvalue weighted by atomic mass is 9.99. The molecule has 11 nitrogen and oxygen atoms in total. The van der Waals surface area contributed by atoms with Crippen molar-refractivity contribution in [1.82, 2.24) is 5.32 Å². The van der Waals surface area contributed by atoms with Gasteiger partial charge >= 0.3 is 5.97 Å². The molecule has 0 aromatic rings. The summed E-state index contributed by atoms with van der Waals surface area (Å²) in [5.74, 6) is -1.20. The third kappa shape index (κ3) is 46.7. The van der Waals surface area contributed by atoms with E-state index in [1.54, 1.807) is 6.08 Å². The van der Waals surface area contributed by atoms with Gasteiger partial charge in [0, 0.05) is 6.42 Å². The molecule has 0 spiro atoms. The fraction of sp³-hybridized carbons (Fsp3) is 0.778. The van der Waals surface area contributed by atoms with Crippen molar-refractivity contribution in [2.45, 2.75) is 346 Å². The molecule has 11 heteroatoms.